The van der Waals surface area contributed by atoms with Crippen molar-refractivity contribution in [1.82, 2.24) is 4.90 Å². The van der Waals surface area contributed by atoms with Crippen LogP contribution in [0.2, 0.25) is 5.02 Å². The van der Waals surface area contributed by atoms with Crippen LogP contribution in [0.3, 0.4) is 0 Å². The maximum atomic E-state index is 9.85. The van der Waals surface area contributed by atoms with E-state index in [1.807, 2.05) is 6.07 Å². The minimum absolute atomic E-state index is 0.147. The van der Waals surface area contributed by atoms with Crippen molar-refractivity contribution in [2.24, 2.45) is 0 Å². The highest BCUT2D eigenvalue weighted by molar-refractivity contribution is 6.30. The maximum absolute atomic E-state index is 9.85. The molecule has 1 aliphatic rings. The largest absolute Gasteiger partial charge is 0.508 e. The normalized spacial score (nSPS) is 24.1. The summed E-state index contributed by atoms with van der Waals surface area (Å²) in [6.07, 6.45) is 0.204. The van der Waals surface area contributed by atoms with Gasteiger partial charge in [0.1, 0.15) is 5.75 Å². The van der Waals surface area contributed by atoms with E-state index >= 15 is 0 Å². The van der Waals surface area contributed by atoms with Crippen LogP contribution >= 0.6 is 11.6 Å². The highest BCUT2D eigenvalue weighted by Crippen LogP contribution is 2.26. The Bertz CT molecular complexity index is 434. The van der Waals surface area contributed by atoms with Gasteiger partial charge in [0.05, 0.1) is 11.7 Å². The van der Waals surface area contributed by atoms with Gasteiger partial charge in [0, 0.05) is 30.2 Å². The van der Waals surface area contributed by atoms with Crippen molar-refractivity contribution in [2.45, 2.75) is 39.0 Å². The van der Waals surface area contributed by atoms with Crippen molar-refractivity contribution in [1.29, 1.82) is 0 Å². The van der Waals surface area contributed by atoms with Crippen LogP contribution < -0.4 is 0 Å². The molecule has 1 N–H and O–H groups in total. The predicted molar refractivity (Wildman–Crippen MR) is 73.0 cm³/mol. The molecule has 1 aromatic rings. The minimum atomic E-state index is -0.147. The molecule has 1 unspecified atom stereocenters. The maximum Gasteiger partial charge on any atom is 0.120 e. The SMILES string of the molecule is CC1CN(Cc2cc(Cl)ccc2O)CC(C)(C)O1. The number of morpholine rings is 1. The van der Waals surface area contributed by atoms with Gasteiger partial charge in [-0.3, -0.25) is 4.90 Å². The van der Waals surface area contributed by atoms with Crippen LogP contribution in [0, 0.1) is 0 Å². The second-order valence-corrected chi connectivity index (χ2v) is 6.07. The molecule has 1 aromatic carbocycles. The zero-order chi connectivity index (χ0) is 13.3. The van der Waals surface area contributed by atoms with Gasteiger partial charge in [0.25, 0.3) is 0 Å². The molecule has 0 bridgehead atoms. The zero-order valence-corrected chi connectivity index (χ0v) is 11.9. The Balaban J connectivity index is 2.11. The predicted octanol–water partition coefficient (Wildman–Crippen LogP) is 3.04. The first-order valence-electron chi connectivity index (χ1n) is 6.23. The number of phenols is 1. The molecule has 18 heavy (non-hydrogen) atoms. The molecule has 1 atom stereocenters. The minimum Gasteiger partial charge on any atom is -0.508 e. The van der Waals surface area contributed by atoms with Crippen LogP contribution in [0.5, 0.6) is 5.75 Å². The molecule has 1 heterocycles. The first-order valence-corrected chi connectivity index (χ1v) is 6.61. The summed E-state index contributed by atoms with van der Waals surface area (Å²) in [6.45, 7) is 8.68. The second-order valence-electron chi connectivity index (χ2n) is 5.63. The van der Waals surface area contributed by atoms with E-state index in [0.717, 1.165) is 18.7 Å². The average molecular weight is 270 g/mol. The highest BCUT2D eigenvalue weighted by Gasteiger charge is 2.31. The van der Waals surface area contributed by atoms with Crippen LogP contribution in [0.1, 0.15) is 26.3 Å². The quantitative estimate of drug-likeness (QED) is 0.896. The van der Waals surface area contributed by atoms with Gasteiger partial charge in [-0.05, 0) is 39.0 Å². The molecule has 2 rings (SSSR count). The number of hydrogen-bond donors (Lipinski definition) is 1. The van der Waals surface area contributed by atoms with E-state index in [0.29, 0.717) is 17.3 Å². The fourth-order valence-corrected chi connectivity index (χ4v) is 2.82. The number of nitrogens with zero attached hydrogens (tertiary/aromatic N) is 1. The van der Waals surface area contributed by atoms with Crippen LogP contribution in [0.25, 0.3) is 0 Å². The molecular weight excluding hydrogens is 250 g/mol. The Labute approximate surface area is 113 Å². The van der Waals surface area contributed by atoms with Crippen molar-refractivity contribution >= 4 is 11.6 Å². The molecule has 100 valence electrons. The fourth-order valence-electron chi connectivity index (χ4n) is 2.63. The number of benzene rings is 1. The third-order valence-electron chi connectivity index (χ3n) is 3.08. The Morgan fingerprint density at radius 2 is 2.22 bits per heavy atom. The van der Waals surface area contributed by atoms with Gasteiger partial charge in [-0.25, -0.2) is 0 Å². The summed E-state index contributed by atoms with van der Waals surface area (Å²) < 4.78 is 5.87. The number of ether oxygens (including phenoxy) is 1. The van der Waals surface area contributed by atoms with Gasteiger partial charge in [0.2, 0.25) is 0 Å². The molecule has 1 aliphatic heterocycles. The average Bonchev–Trinajstić information content (AvgIpc) is 2.20. The van der Waals surface area contributed by atoms with E-state index in [4.69, 9.17) is 16.3 Å². The van der Waals surface area contributed by atoms with Gasteiger partial charge in [-0.2, -0.15) is 0 Å². The monoisotopic (exact) mass is 269 g/mol. The van der Waals surface area contributed by atoms with E-state index in [2.05, 4.69) is 25.7 Å². The number of rotatable bonds is 2. The van der Waals surface area contributed by atoms with Crippen LogP contribution in [0.4, 0.5) is 0 Å². The van der Waals surface area contributed by atoms with E-state index < -0.39 is 0 Å². The van der Waals surface area contributed by atoms with Gasteiger partial charge < -0.3 is 9.84 Å². The van der Waals surface area contributed by atoms with Crippen LogP contribution in [-0.2, 0) is 11.3 Å². The summed E-state index contributed by atoms with van der Waals surface area (Å²) in [5.74, 6) is 0.302. The highest BCUT2D eigenvalue weighted by atomic mass is 35.5. The van der Waals surface area contributed by atoms with E-state index in [-0.39, 0.29) is 11.7 Å². The van der Waals surface area contributed by atoms with E-state index in [9.17, 15) is 5.11 Å². The molecule has 0 aliphatic carbocycles. The third kappa shape index (κ3) is 3.37. The molecule has 0 amide bonds. The van der Waals surface area contributed by atoms with Crippen molar-refractivity contribution in [3.63, 3.8) is 0 Å². The number of halogens is 1. The van der Waals surface area contributed by atoms with E-state index in [1.54, 1.807) is 12.1 Å². The van der Waals surface area contributed by atoms with Crippen molar-refractivity contribution in [3.8, 4) is 5.75 Å². The van der Waals surface area contributed by atoms with Gasteiger partial charge in [0.15, 0.2) is 0 Å². The summed E-state index contributed by atoms with van der Waals surface area (Å²) in [6, 6.07) is 5.17. The molecule has 4 heteroatoms. The molecule has 0 aromatic heterocycles. The number of phenolic OH excluding ortho intramolecular Hbond substituents is 1. The Morgan fingerprint density at radius 1 is 1.50 bits per heavy atom. The van der Waals surface area contributed by atoms with E-state index in [1.165, 1.54) is 0 Å². The molecule has 0 saturated carbocycles. The first-order chi connectivity index (χ1) is 8.35. The lowest BCUT2D eigenvalue weighted by atomic mass is 10.0. The molecule has 1 fully saturated rings. The van der Waals surface area contributed by atoms with Gasteiger partial charge in [-0.1, -0.05) is 11.6 Å². The fraction of sp³-hybridized carbons (Fsp3) is 0.571. The number of hydrogen-bond acceptors (Lipinski definition) is 3. The Kier molecular flexibility index (Phi) is 3.85. The van der Waals surface area contributed by atoms with Crippen molar-refractivity contribution in [2.75, 3.05) is 13.1 Å². The van der Waals surface area contributed by atoms with Crippen LogP contribution in [0.15, 0.2) is 18.2 Å². The zero-order valence-electron chi connectivity index (χ0n) is 11.1. The Morgan fingerprint density at radius 3 is 2.89 bits per heavy atom. The second kappa shape index (κ2) is 5.08. The number of aromatic hydroxyl groups is 1. The summed E-state index contributed by atoms with van der Waals surface area (Å²) in [7, 11) is 0. The first kappa shape index (κ1) is 13.7. The topological polar surface area (TPSA) is 32.7 Å². The van der Waals surface area contributed by atoms with Gasteiger partial charge >= 0.3 is 0 Å². The molecule has 1 saturated heterocycles. The summed E-state index contributed by atoms with van der Waals surface area (Å²) in [5, 5.41) is 10.5. The van der Waals surface area contributed by atoms with Gasteiger partial charge in [-0.15, -0.1) is 0 Å². The lowest BCUT2D eigenvalue weighted by Gasteiger charge is -2.41. The summed E-state index contributed by atoms with van der Waals surface area (Å²) in [5.41, 5.74) is 0.721. The lowest BCUT2D eigenvalue weighted by molar-refractivity contribution is -0.130. The molecule has 0 spiro atoms. The van der Waals surface area contributed by atoms with Crippen molar-refractivity contribution in [3.05, 3.63) is 28.8 Å². The molecule has 0 radical (unpaired) electrons. The van der Waals surface area contributed by atoms with Crippen LogP contribution in [-0.4, -0.2) is 34.8 Å². The standard InChI is InChI=1S/C14H20ClNO2/c1-10-7-16(9-14(2,3)18-10)8-11-6-12(15)4-5-13(11)17/h4-6,10,17H,7-9H2,1-3H3. The summed E-state index contributed by atoms with van der Waals surface area (Å²) in [4.78, 5) is 2.29. The Hall–Kier alpha value is -0.770. The molecular formula is C14H20ClNO2. The lowest BCUT2D eigenvalue weighted by Crippen LogP contribution is -2.51. The van der Waals surface area contributed by atoms with Crippen molar-refractivity contribution < 1.29 is 9.84 Å². The smallest absolute Gasteiger partial charge is 0.120 e. The molecule has 3 nitrogen and oxygen atoms in total. The summed E-state index contributed by atoms with van der Waals surface area (Å²) >= 11 is 5.96. The third-order valence-corrected chi connectivity index (χ3v) is 3.31.